The van der Waals surface area contributed by atoms with E-state index in [1.165, 1.54) is 8.96 Å². The number of hydrogen-bond acceptors (Lipinski definition) is 4. The first-order valence-corrected chi connectivity index (χ1v) is 8.34. The highest BCUT2D eigenvalue weighted by Gasteiger charge is 2.25. The van der Waals surface area contributed by atoms with Crippen LogP contribution in [0, 0.1) is 3.57 Å². The largest absolute Gasteiger partial charge is 0.490 e. The molecule has 0 amide bonds. The molecule has 1 aromatic heterocycles. The van der Waals surface area contributed by atoms with E-state index in [1.807, 2.05) is 31.3 Å². The molecule has 6 heteroatoms. The summed E-state index contributed by atoms with van der Waals surface area (Å²) in [6.07, 6.45) is 5.79. The first-order chi connectivity index (χ1) is 10.1. The van der Waals surface area contributed by atoms with Crippen molar-refractivity contribution in [2.75, 3.05) is 13.1 Å². The molecule has 0 unspecified atom stereocenters. The van der Waals surface area contributed by atoms with Crippen LogP contribution in [0.4, 0.5) is 0 Å². The third-order valence-electron chi connectivity index (χ3n) is 4.02. The average Bonchev–Trinajstić information content (AvgIpc) is 2.51. The summed E-state index contributed by atoms with van der Waals surface area (Å²) in [6.45, 7) is 3.57. The van der Waals surface area contributed by atoms with Crippen LogP contribution in [0.3, 0.4) is 0 Å². The maximum Gasteiger partial charge on any atom is 0.376 e. The van der Waals surface area contributed by atoms with Gasteiger partial charge < -0.3 is 14.6 Å². The van der Waals surface area contributed by atoms with Gasteiger partial charge in [0.25, 0.3) is 0 Å². The highest BCUT2D eigenvalue weighted by Crippen LogP contribution is 2.30. The van der Waals surface area contributed by atoms with Gasteiger partial charge in [0.15, 0.2) is 0 Å². The minimum absolute atomic E-state index is 0.212. The fourth-order valence-electron chi connectivity index (χ4n) is 2.78. The van der Waals surface area contributed by atoms with E-state index in [-0.39, 0.29) is 13.2 Å². The van der Waals surface area contributed by atoms with Gasteiger partial charge in [-0.25, -0.2) is 0 Å². The van der Waals surface area contributed by atoms with Gasteiger partial charge >= 0.3 is 7.05 Å². The van der Waals surface area contributed by atoms with Crippen molar-refractivity contribution >= 4 is 40.4 Å². The number of nitrogens with zero attached hydrogens (tertiary/aromatic N) is 2. The fourth-order valence-corrected chi connectivity index (χ4v) is 3.43. The monoisotopic (exact) mass is 396 g/mol. The number of fused-ring (bicyclic) bond motifs is 1. The summed E-state index contributed by atoms with van der Waals surface area (Å²) >= 11 is 2.34. The number of rotatable bonds is 3. The summed E-state index contributed by atoms with van der Waals surface area (Å²) in [5.74, 6) is 0.911. The van der Waals surface area contributed by atoms with Crippen molar-refractivity contribution in [3.05, 3.63) is 34.2 Å². The molecule has 1 saturated heterocycles. The van der Waals surface area contributed by atoms with Gasteiger partial charge in [-0.1, -0.05) is 0 Å². The molecular weight excluding hydrogens is 378 g/mol. The Kier molecular flexibility index (Phi) is 4.66. The molecule has 0 radical (unpaired) electrons. The smallest absolute Gasteiger partial charge is 0.376 e. The van der Waals surface area contributed by atoms with Crippen LogP contribution < -0.4 is 4.74 Å². The Morgan fingerprint density at radius 3 is 2.76 bits per heavy atom. The Bertz CT molecular complexity index is 630. The SMILES string of the molecule is CB(O)N1CCC(Oc2ccc(I)c3ccncc23)CC1. The van der Waals surface area contributed by atoms with Crippen molar-refractivity contribution in [2.45, 2.75) is 25.8 Å². The van der Waals surface area contributed by atoms with Crippen LogP contribution >= 0.6 is 22.6 Å². The molecule has 1 aliphatic rings. The third kappa shape index (κ3) is 3.32. The molecule has 2 heterocycles. The second-order valence-corrected chi connectivity index (χ2v) is 6.61. The molecular formula is C15H18BIN2O2. The Morgan fingerprint density at radius 1 is 1.29 bits per heavy atom. The molecule has 0 spiro atoms. The lowest BCUT2D eigenvalue weighted by Gasteiger charge is -2.32. The Balaban J connectivity index is 1.76. The highest BCUT2D eigenvalue weighted by atomic mass is 127. The second kappa shape index (κ2) is 6.50. The average molecular weight is 396 g/mol. The Hall–Kier alpha value is -0.855. The minimum atomic E-state index is -0.366. The number of aromatic nitrogens is 1. The first kappa shape index (κ1) is 15.1. The number of ether oxygens (including phenoxy) is 1. The quantitative estimate of drug-likeness (QED) is 0.641. The van der Waals surface area contributed by atoms with Gasteiger partial charge in [0.1, 0.15) is 11.9 Å². The van der Waals surface area contributed by atoms with E-state index in [0.717, 1.165) is 37.1 Å². The van der Waals surface area contributed by atoms with E-state index in [2.05, 4.69) is 38.5 Å². The lowest BCUT2D eigenvalue weighted by Crippen LogP contribution is -2.45. The van der Waals surface area contributed by atoms with Crippen LogP contribution in [-0.4, -0.2) is 41.1 Å². The van der Waals surface area contributed by atoms with E-state index in [4.69, 9.17) is 4.74 Å². The summed E-state index contributed by atoms with van der Waals surface area (Å²) in [4.78, 5) is 6.30. The van der Waals surface area contributed by atoms with E-state index >= 15 is 0 Å². The topological polar surface area (TPSA) is 45.6 Å². The van der Waals surface area contributed by atoms with Crippen LogP contribution in [0.25, 0.3) is 10.8 Å². The number of hydrogen-bond donors (Lipinski definition) is 1. The third-order valence-corrected chi connectivity index (χ3v) is 4.96. The molecule has 0 bridgehead atoms. The molecule has 21 heavy (non-hydrogen) atoms. The molecule has 1 aromatic carbocycles. The van der Waals surface area contributed by atoms with E-state index in [1.54, 1.807) is 0 Å². The Labute approximate surface area is 138 Å². The predicted molar refractivity (Wildman–Crippen MR) is 93.5 cm³/mol. The zero-order valence-corrected chi connectivity index (χ0v) is 14.2. The summed E-state index contributed by atoms with van der Waals surface area (Å²) in [6, 6.07) is 6.15. The molecule has 1 fully saturated rings. The minimum Gasteiger partial charge on any atom is -0.490 e. The lowest BCUT2D eigenvalue weighted by atomic mass is 9.82. The molecule has 0 aliphatic carbocycles. The summed E-state index contributed by atoms with van der Waals surface area (Å²) < 4.78 is 7.41. The number of pyridine rings is 1. The van der Waals surface area contributed by atoms with E-state index in [0.29, 0.717) is 0 Å². The van der Waals surface area contributed by atoms with Gasteiger partial charge in [0, 0.05) is 26.7 Å². The molecule has 2 aromatic rings. The van der Waals surface area contributed by atoms with Crippen molar-refractivity contribution in [3.63, 3.8) is 0 Å². The van der Waals surface area contributed by atoms with Crippen LogP contribution in [-0.2, 0) is 0 Å². The van der Waals surface area contributed by atoms with Crippen LogP contribution in [0.2, 0.25) is 6.82 Å². The van der Waals surface area contributed by atoms with Gasteiger partial charge in [-0.3, -0.25) is 4.98 Å². The maximum atomic E-state index is 9.60. The van der Waals surface area contributed by atoms with E-state index < -0.39 is 0 Å². The molecule has 0 atom stereocenters. The van der Waals surface area contributed by atoms with Crippen molar-refractivity contribution in [2.24, 2.45) is 0 Å². The number of halogens is 1. The van der Waals surface area contributed by atoms with Crippen LogP contribution in [0.5, 0.6) is 5.75 Å². The number of piperidine rings is 1. The lowest BCUT2D eigenvalue weighted by molar-refractivity contribution is 0.130. The van der Waals surface area contributed by atoms with Crippen LogP contribution in [0.1, 0.15) is 12.8 Å². The molecule has 1 N–H and O–H groups in total. The highest BCUT2D eigenvalue weighted by molar-refractivity contribution is 14.1. The maximum absolute atomic E-state index is 9.60. The van der Waals surface area contributed by atoms with Crippen molar-refractivity contribution in [3.8, 4) is 5.75 Å². The summed E-state index contributed by atoms with van der Waals surface area (Å²) in [7, 11) is -0.366. The predicted octanol–water partition coefficient (Wildman–Crippen LogP) is 2.79. The van der Waals surface area contributed by atoms with Crippen molar-refractivity contribution < 1.29 is 9.76 Å². The molecule has 4 nitrogen and oxygen atoms in total. The zero-order chi connectivity index (χ0) is 14.8. The van der Waals surface area contributed by atoms with Crippen LogP contribution in [0.15, 0.2) is 30.6 Å². The van der Waals surface area contributed by atoms with Gasteiger partial charge in [-0.2, -0.15) is 0 Å². The standard InChI is InChI=1S/C15H18BIN2O2/c1-16(20)19-8-5-11(6-9-19)21-15-3-2-14(17)12-4-7-18-10-13(12)15/h2-4,7,10-11,20H,5-6,8-9H2,1H3. The normalized spacial score (nSPS) is 17.1. The first-order valence-electron chi connectivity index (χ1n) is 7.26. The van der Waals surface area contributed by atoms with Gasteiger partial charge in [0.05, 0.1) is 0 Å². The van der Waals surface area contributed by atoms with Gasteiger partial charge in [0.2, 0.25) is 0 Å². The molecule has 110 valence electrons. The molecule has 3 rings (SSSR count). The molecule has 0 saturated carbocycles. The Morgan fingerprint density at radius 2 is 2.05 bits per heavy atom. The van der Waals surface area contributed by atoms with Crippen molar-refractivity contribution in [1.82, 2.24) is 9.79 Å². The number of benzene rings is 1. The van der Waals surface area contributed by atoms with Gasteiger partial charge in [-0.15, -0.1) is 0 Å². The second-order valence-electron chi connectivity index (χ2n) is 5.45. The van der Waals surface area contributed by atoms with Gasteiger partial charge in [-0.05, 0) is 73.5 Å². The van der Waals surface area contributed by atoms with E-state index in [9.17, 15) is 5.02 Å². The molecule has 1 aliphatic heterocycles. The summed E-state index contributed by atoms with van der Waals surface area (Å²) in [5.41, 5.74) is 0. The summed E-state index contributed by atoms with van der Waals surface area (Å²) in [5, 5.41) is 11.9. The fraction of sp³-hybridized carbons (Fsp3) is 0.400. The zero-order valence-electron chi connectivity index (χ0n) is 12.0. The van der Waals surface area contributed by atoms with Crippen molar-refractivity contribution in [1.29, 1.82) is 0 Å².